The van der Waals surface area contributed by atoms with Crippen molar-refractivity contribution in [2.75, 3.05) is 19.8 Å². The minimum atomic E-state index is 0.646. The van der Waals surface area contributed by atoms with E-state index in [-0.39, 0.29) is 0 Å². The van der Waals surface area contributed by atoms with Gasteiger partial charge in [0.2, 0.25) is 0 Å². The average molecular weight is 213 g/mol. The molecule has 1 aliphatic rings. The van der Waals surface area contributed by atoms with Gasteiger partial charge in [0.15, 0.2) is 0 Å². The van der Waals surface area contributed by atoms with Gasteiger partial charge < -0.3 is 10.5 Å². The van der Waals surface area contributed by atoms with Crippen LogP contribution < -0.4 is 5.73 Å². The molecule has 1 saturated carbocycles. The van der Waals surface area contributed by atoms with E-state index in [2.05, 4.69) is 13.8 Å². The molecule has 1 unspecified atom stereocenters. The maximum atomic E-state index is 5.84. The van der Waals surface area contributed by atoms with Gasteiger partial charge in [-0.05, 0) is 30.7 Å². The number of hydrogen-bond donors (Lipinski definition) is 1. The normalized spacial score (nSPS) is 20.0. The van der Waals surface area contributed by atoms with Gasteiger partial charge in [-0.25, -0.2) is 0 Å². The van der Waals surface area contributed by atoms with Crippen molar-refractivity contribution in [3.63, 3.8) is 0 Å². The molecule has 2 nitrogen and oxygen atoms in total. The van der Waals surface area contributed by atoms with Gasteiger partial charge in [-0.1, -0.05) is 39.5 Å². The van der Waals surface area contributed by atoms with E-state index in [4.69, 9.17) is 10.5 Å². The van der Waals surface area contributed by atoms with Crippen LogP contribution in [0.15, 0.2) is 0 Å². The molecule has 1 rings (SSSR count). The van der Waals surface area contributed by atoms with E-state index in [0.717, 1.165) is 32.1 Å². The summed E-state index contributed by atoms with van der Waals surface area (Å²) in [5, 5.41) is 0. The van der Waals surface area contributed by atoms with Crippen LogP contribution in [0.3, 0.4) is 0 Å². The molecule has 15 heavy (non-hydrogen) atoms. The van der Waals surface area contributed by atoms with Crippen molar-refractivity contribution in [3.8, 4) is 0 Å². The lowest BCUT2D eigenvalue weighted by Gasteiger charge is -2.21. The number of ether oxygens (including phenoxy) is 1. The molecule has 0 aromatic heterocycles. The van der Waals surface area contributed by atoms with Crippen LogP contribution in [0.25, 0.3) is 0 Å². The summed E-state index contributed by atoms with van der Waals surface area (Å²) >= 11 is 0. The molecule has 90 valence electrons. The lowest BCUT2D eigenvalue weighted by atomic mass is 9.88. The van der Waals surface area contributed by atoms with Crippen LogP contribution >= 0.6 is 0 Å². The van der Waals surface area contributed by atoms with Gasteiger partial charge in [0.25, 0.3) is 0 Å². The molecule has 0 aromatic carbocycles. The zero-order valence-electron chi connectivity index (χ0n) is 10.4. The van der Waals surface area contributed by atoms with Crippen LogP contribution in [-0.2, 0) is 4.74 Å². The number of rotatable bonds is 7. The van der Waals surface area contributed by atoms with Crippen molar-refractivity contribution in [2.24, 2.45) is 23.5 Å². The van der Waals surface area contributed by atoms with Gasteiger partial charge in [-0.3, -0.25) is 0 Å². The maximum Gasteiger partial charge on any atom is 0.0488 e. The first kappa shape index (κ1) is 13.0. The van der Waals surface area contributed by atoms with Crippen LogP contribution in [0.5, 0.6) is 0 Å². The van der Waals surface area contributed by atoms with Crippen LogP contribution in [0.4, 0.5) is 0 Å². The Balaban J connectivity index is 2.10. The van der Waals surface area contributed by atoms with Crippen molar-refractivity contribution >= 4 is 0 Å². The highest BCUT2D eigenvalue weighted by Gasteiger charge is 2.23. The summed E-state index contributed by atoms with van der Waals surface area (Å²) in [5.74, 6) is 2.24. The molecule has 0 radical (unpaired) electrons. The predicted octanol–water partition coefficient (Wildman–Crippen LogP) is 2.81. The minimum absolute atomic E-state index is 0.646. The summed E-state index contributed by atoms with van der Waals surface area (Å²) in [6.45, 7) is 7.02. The van der Waals surface area contributed by atoms with E-state index >= 15 is 0 Å². The fraction of sp³-hybridized carbons (Fsp3) is 1.00. The summed E-state index contributed by atoms with van der Waals surface area (Å²) in [6, 6.07) is 0. The lowest BCUT2D eigenvalue weighted by molar-refractivity contribution is 0.0914. The first-order chi connectivity index (χ1) is 7.24. The molecule has 0 spiro atoms. The van der Waals surface area contributed by atoms with E-state index in [1.807, 2.05) is 0 Å². The summed E-state index contributed by atoms with van der Waals surface area (Å²) in [6.07, 6.45) is 6.77. The van der Waals surface area contributed by atoms with Crippen LogP contribution in [0.1, 0.15) is 46.0 Å². The third kappa shape index (κ3) is 4.98. The quantitative estimate of drug-likeness (QED) is 0.660. The highest BCUT2D eigenvalue weighted by molar-refractivity contribution is 4.75. The van der Waals surface area contributed by atoms with Crippen LogP contribution in [0.2, 0.25) is 0 Å². The standard InChI is InChI=1S/C13H27NO/c1-11(2)10-15-8-7-13(9-14)12-5-3-4-6-12/h11-13H,3-10,14H2,1-2H3. The molecule has 1 fully saturated rings. The monoisotopic (exact) mass is 213 g/mol. The zero-order chi connectivity index (χ0) is 11.1. The SMILES string of the molecule is CC(C)COCCC(CN)C1CCCC1. The van der Waals surface area contributed by atoms with E-state index in [9.17, 15) is 0 Å². The smallest absolute Gasteiger partial charge is 0.0488 e. The molecule has 0 amide bonds. The van der Waals surface area contributed by atoms with Gasteiger partial charge in [-0.15, -0.1) is 0 Å². The van der Waals surface area contributed by atoms with Crippen LogP contribution in [0, 0.1) is 17.8 Å². The Labute approximate surface area is 94.6 Å². The van der Waals surface area contributed by atoms with Crippen LogP contribution in [-0.4, -0.2) is 19.8 Å². The lowest BCUT2D eigenvalue weighted by Crippen LogP contribution is -2.23. The molecule has 2 N–H and O–H groups in total. The Morgan fingerprint density at radius 3 is 2.47 bits per heavy atom. The van der Waals surface area contributed by atoms with Crippen molar-refractivity contribution in [1.82, 2.24) is 0 Å². The minimum Gasteiger partial charge on any atom is -0.381 e. The first-order valence-corrected chi connectivity index (χ1v) is 6.51. The summed E-state index contributed by atoms with van der Waals surface area (Å²) in [7, 11) is 0. The Morgan fingerprint density at radius 1 is 1.27 bits per heavy atom. The molecule has 0 heterocycles. The third-order valence-corrected chi connectivity index (χ3v) is 3.45. The second kappa shape index (κ2) is 7.24. The van der Waals surface area contributed by atoms with Crippen molar-refractivity contribution in [1.29, 1.82) is 0 Å². The predicted molar refractivity (Wildman–Crippen MR) is 64.8 cm³/mol. The summed E-state index contributed by atoms with van der Waals surface area (Å²) < 4.78 is 5.63. The van der Waals surface area contributed by atoms with E-state index in [0.29, 0.717) is 11.8 Å². The molecule has 0 aliphatic heterocycles. The molecular weight excluding hydrogens is 186 g/mol. The Morgan fingerprint density at radius 2 is 1.93 bits per heavy atom. The van der Waals surface area contributed by atoms with E-state index < -0.39 is 0 Å². The highest BCUT2D eigenvalue weighted by Crippen LogP contribution is 2.32. The number of nitrogens with two attached hydrogens (primary N) is 1. The first-order valence-electron chi connectivity index (χ1n) is 6.51. The zero-order valence-corrected chi connectivity index (χ0v) is 10.4. The van der Waals surface area contributed by atoms with Crippen molar-refractivity contribution in [3.05, 3.63) is 0 Å². The maximum absolute atomic E-state index is 5.84. The second-order valence-electron chi connectivity index (χ2n) is 5.30. The number of hydrogen-bond acceptors (Lipinski definition) is 2. The van der Waals surface area contributed by atoms with E-state index in [1.165, 1.54) is 25.7 Å². The van der Waals surface area contributed by atoms with Gasteiger partial charge in [0.05, 0.1) is 0 Å². The van der Waals surface area contributed by atoms with Gasteiger partial charge >= 0.3 is 0 Å². The van der Waals surface area contributed by atoms with Gasteiger partial charge in [0.1, 0.15) is 0 Å². The molecule has 1 aliphatic carbocycles. The summed E-state index contributed by atoms with van der Waals surface area (Å²) in [5.41, 5.74) is 5.84. The third-order valence-electron chi connectivity index (χ3n) is 3.45. The fourth-order valence-corrected chi connectivity index (χ4v) is 2.53. The average Bonchev–Trinajstić information content (AvgIpc) is 2.70. The highest BCUT2D eigenvalue weighted by atomic mass is 16.5. The molecule has 2 heteroatoms. The molecule has 1 atom stereocenters. The molecule has 0 saturated heterocycles. The fourth-order valence-electron chi connectivity index (χ4n) is 2.53. The molecular formula is C13H27NO. The Kier molecular flexibility index (Phi) is 6.26. The molecule has 0 aromatic rings. The largest absolute Gasteiger partial charge is 0.381 e. The van der Waals surface area contributed by atoms with Gasteiger partial charge in [-0.2, -0.15) is 0 Å². The topological polar surface area (TPSA) is 35.2 Å². The second-order valence-corrected chi connectivity index (χ2v) is 5.30. The van der Waals surface area contributed by atoms with Crippen molar-refractivity contribution < 1.29 is 4.74 Å². The van der Waals surface area contributed by atoms with Gasteiger partial charge in [0, 0.05) is 13.2 Å². The summed E-state index contributed by atoms with van der Waals surface area (Å²) in [4.78, 5) is 0. The Bertz CT molecular complexity index is 153. The Hall–Kier alpha value is -0.0800. The molecule has 0 bridgehead atoms. The van der Waals surface area contributed by atoms with E-state index in [1.54, 1.807) is 0 Å². The van der Waals surface area contributed by atoms with Crippen molar-refractivity contribution in [2.45, 2.75) is 46.0 Å².